The first-order chi connectivity index (χ1) is 12.7. The Bertz CT molecular complexity index is 1000. The maximum atomic E-state index is 12.6. The van der Waals surface area contributed by atoms with E-state index in [4.69, 9.17) is 25.5 Å². The summed E-state index contributed by atoms with van der Waals surface area (Å²) in [6.07, 6.45) is -0.613. The Morgan fingerprint density at radius 3 is 2.73 bits per heavy atom. The van der Waals surface area contributed by atoms with E-state index in [1.54, 1.807) is 18.2 Å². The zero-order valence-corrected chi connectivity index (χ0v) is 16.4. The molecule has 4 rings (SSSR count). The third-order valence-corrected chi connectivity index (χ3v) is 6.27. The molecule has 0 spiro atoms. The van der Waals surface area contributed by atoms with Crippen molar-refractivity contribution >= 4 is 35.5 Å². The van der Waals surface area contributed by atoms with Crippen LogP contribution in [0.15, 0.2) is 63.8 Å². The van der Waals surface area contributed by atoms with Gasteiger partial charge in [-0.2, -0.15) is 0 Å². The first-order valence-corrected chi connectivity index (χ1v) is 10.2. The molecule has 3 aromatic rings. The molecule has 0 saturated carbocycles. The van der Waals surface area contributed by atoms with E-state index < -0.39 is 6.29 Å². The van der Waals surface area contributed by atoms with Gasteiger partial charge in [-0.1, -0.05) is 0 Å². The van der Waals surface area contributed by atoms with E-state index in [2.05, 4.69) is 0 Å². The zero-order valence-electron chi connectivity index (χ0n) is 13.9. The molecule has 0 bridgehead atoms. The molecule has 1 aromatic heterocycles. The number of ether oxygens (including phenoxy) is 2. The molecule has 2 heterocycles. The Labute approximate surface area is 161 Å². The number of fused-ring (bicyclic) bond motifs is 3. The van der Waals surface area contributed by atoms with Crippen LogP contribution >= 0.6 is 11.6 Å². The van der Waals surface area contributed by atoms with Gasteiger partial charge in [-0.25, -0.2) is 0 Å². The molecule has 0 aliphatic carbocycles. The minimum atomic E-state index is -0.613. The molecule has 1 unspecified atom stereocenters. The van der Waals surface area contributed by atoms with Crippen LogP contribution in [0.3, 0.4) is 0 Å². The number of rotatable bonds is 4. The van der Waals surface area contributed by atoms with Crippen molar-refractivity contribution in [3.63, 3.8) is 0 Å². The van der Waals surface area contributed by atoms with Crippen LogP contribution in [0.25, 0.3) is 11.3 Å². The van der Waals surface area contributed by atoms with E-state index in [0.29, 0.717) is 38.7 Å². The normalized spacial score (nSPS) is 15.1. The second kappa shape index (κ2) is 7.29. The summed E-state index contributed by atoms with van der Waals surface area (Å²) in [5, 5.41) is 0.549. The molecule has 0 radical (unpaired) electrons. The Balaban J connectivity index is 1.83. The third-order valence-electron chi connectivity index (χ3n) is 3.91. The molecule has 0 saturated heterocycles. The standard InChI is InChI=1S/C20H15ClO4Se/c1-2-23-20-15-11-17(26-13-6-4-3-5-7-13)19(22)25-18(15)14-10-12(21)8-9-16(14)24-20/h3-11,20H,2H2,1H3. The summed E-state index contributed by atoms with van der Waals surface area (Å²) >= 11 is 5.95. The second-order valence-corrected chi connectivity index (χ2v) is 8.42. The van der Waals surface area contributed by atoms with Crippen LogP contribution in [0.2, 0.25) is 5.02 Å². The third kappa shape index (κ3) is 3.31. The summed E-state index contributed by atoms with van der Waals surface area (Å²) in [4.78, 5) is 12.6. The fraction of sp³-hybridized carbons (Fsp3) is 0.150. The quantitative estimate of drug-likeness (QED) is 0.594. The predicted molar refractivity (Wildman–Crippen MR) is 102 cm³/mol. The first-order valence-electron chi connectivity index (χ1n) is 8.15. The predicted octanol–water partition coefficient (Wildman–Crippen LogP) is 3.04. The van der Waals surface area contributed by atoms with Crippen LogP contribution in [0.1, 0.15) is 18.8 Å². The van der Waals surface area contributed by atoms with E-state index in [1.165, 1.54) is 0 Å². The molecule has 1 aliphatic heterocycles. The second-order valence-electron chi connectivity index (χ2n) is 5.64. The fourth-order valence-electron chi connectivity index (χ4n) is 2.78. The van der Waals surface area contributed by atoms with Crippen molar-refractivity contribution < 1.29 is 13.9 Å². The zero-order chi connectivity index (χ0) is 18.1. The number of halogens is 1. The average Bonchev–Trinajstić information content (AvgIpc) is 2.64. The van der Waals surface area contributed by atoms with E-state index in [-0.39, 0.29) is 20.6 Å². The fourth-order valence-corrected chi connectivity index (χ4v) is 4.75. The molecule has 0 N–H and O–H groups in total. The molecule has 26 heavy (non-hydrogen) atoms. The van der Waals surface area contributed by atoms with Gasteiger partial charge in [0.1, 0.15) is 0 Å². The van der Waals surface area contributed by atoms with Crippen molar-refractivity contribution in [1.29, 1.82) is 0 Å². The minimum absolute atomic E-state index is 0.164. The molecule has 0 amide bonds. The van der Waals surface area contributed by atoms with Gasteiger partial charge in [0.25, 0.3) is 0 Å². The van der Waals surface area contributed by atoms with Gasteiger partial charge in [-0.05, 0) is 0 Å². The average molecular weight is 434 g/mol. The Morgan fingerprint density at radius 2 is 1.96 bits per heavy atom. The molecule has 1 atom stereocenters. The SMILES string of the molecule is CCOC1Oc2ccc(Cl)cc2-c2oc(=O)c([Se]c3ccccc3)cc21. The molecule has 2 aromatic carbocycles. The number of benzene rings is 2. The molecule has 6 heteroatoms. The van der Waals surface area contributed by atoms with Crippen LogP contribution in [0.4, 0.5) is 0 Å². The monoisotopic (exact) mass is 434 g/mol. The van der Waals surface area contributed by atoms with Crippen molar-refractivity contribution in [2.24, 2.45) is 0 Å². The van der Waals surface area contributed by atoms with Gasteiger partial charge >= 0.3 is 162 Å². The summed E-state index contributed by atoms with van der Waals surface area (Å²) in [6, 6.07) is 17.0. The Morgan fingerprint density at radius 1 is 1.15 bits per heavy atom. The van der Waals surface area contributed by atoms with E-state index >= 15 is 0 Å². The molecular weight excluding hydrogens is 419 g/mol. The van der Waals surface area contributed by atoms with E-state index in [0.717, 1.165) is 4.46 Å². The Hall–Kier alpha value is -2.04. The molecule has 0 fully saturated rings. The number of hydrogen-bond donors (Lipinski definition) is 0. The van der Waals surface area contributed by atoms with Gasteiger partial charge < -0.3 is 0 Å². The van der Waals surface area contributed by atoms with E-state index in [9.17, 15) is 4.79 Å². The Kier molecular flexibility index (Phi) is 4.88. The molecule has 1 aliphatic rings. The van der Waals surface area contributed by atoms with Gasteiger partial charge in [0.05, 0.1) is 0 Å². The molecule has 4 nitrogen and oxygen atoms in total. The number of hydrogen-bond acceptors (Lipinski definition) is 4. The first kappa shape index (κ1) is 17.4. The summed E-state index contributed by atoms with van der Waals surface area (Å²) in [6.45, 7) is 2.37. The topological polar surface area (TPSA) is 48.7 Å². The van der Waals surface area contributed by atoms with Crippen molar-refractivity contribution in [2.75, 3.05) is 6.61 Å². The van der Waals surface area contributed by atoms with Gasteiger partial charge in [0, 0.05) is 0 Å². The van der Waals surface area contributed by atoms with Crippen molar-refractivity contribution in [3.8, 4) is 17.1 Å². The van der Waals surface area contributed by atoms with Crippen LogP contribution in [-0.2, 0) is 4.74 Å². The summed E-state index contributed by atoms with van der Waals surface area (Å²) in [5.41, 5.74) is 1.05. The van der Waals surface area contributed by atoms with Crippen molar-refractivity contribution in [2.45, 2.75) is 13.2 Å². The van der Waals surface area contributed by atoms with E-state index in [1.807, 2.05) is 43.3 Å². The van der Waals surface area contributed by atoms with Gasteiger partial charge in [0.15, 0.2) is 0 Å². The van der Waals surface area contributed by atoms with Crippen LogP contribution in [0.5, 0.6) is 5.75 Å². The van der Waals surface area contributed by atoms with Crippen LogP contribution in [0, 0.1) is 0 Å². The van der Waals surface area contributed by atoms with Gasteiger partial charge in [0.2, 0.25) is 0 Å². The molecular formula is C20H15ClO4Se. The van der Waals surface area contributed by atoms with Crippen molar-refractivity contribution in [1.82, 2.24) is 0 Å². The molecule has 132 valence electrons. The summed E-state index contributed by atoms with van der Waals surface area (Å²) in [5.74, 6) is 1.05. The van der Waals surface area contributed by atoms with Gasteiger partial charge in [-0.15, -0.1) is 0 Å². The van der Waals surface area contributed by atoms with Crippen molar-refractivity contribution in [3.05, 3.63) is 75.6 Å². The van der Waals surface area contributed by atoms with Crippen LogP contribution in [-0.4, -0.2) is 21.6 Å². The summed E-state index contributed by atoms with van der Waals surface area (Å²) in [7, 11) is 0. The van der Waals surface area contributed by atoms with Gasteiger partial charge in [-0.3, -0.25) is 0 Å². The van der Waals surface area contributed by atoms with Crippen LogP contribution < -0.4 is 19.3 Å². The summed E-state index contributed by atoms with van der Waals surface area (Å²) < 4.78 is 19.1. The maximum absolute atomic E-state index is 12.6.